The van der Waals surface area contributed by atoms with Crippen LogP contribution in [0.5, 0.6) is 0 Å². The largest absolute Gasteiger partial charge is 0.378 e. The van der Waals surface area contributed by atoms with E-state index in [4.69, 9.17) is 4.74 Å². The van der Waals surface area contributed by atoms with Crippen LogP contribution < -0.4 is 5.32 Å². The van der Waals surface area contributed by atoms with Gasteiger partial charge in [-0.25, -0.2) is 0 Å². The highest BCUT2D eigenvalue weighted by molar-refractivity contribution is 7.11. The zero-order chi connectivity index (χ0) is 13.7. The van der Waals surface area contributed by atoms with E-state index in [0.29, 0.717) is 12.1 Å². The number of morpholine rings is 1. The van der Waals surface area contributed by atoms with E-state index in [9.17, 15) is 0 Å². The molecule has 0 aromatic carbocycles. The third kappa shape index (κ3) is 4.56. The molecule has 1 saturated heterocycles. The summed E-state index contributed by atoms with van der Waals surface area (Å²) in [7, 11) is 0. The summed E-state index contributed by atoms with van der Waals surface area (Å²) in [6.45, 7) is 11.5. The molecule has 1 aromatic rings. The summed E-state index contributed by atoms with van der Waals surface area (Å²) in [6, 6.07) is 5.68. The Morgan fingerprint density at radius 2 is 2.21 bits per heavy atom. The van der Waals surface area contributed by atoms with Crippen molar-refractivity contribution in [2.24, 2.45) is 0 Å². The average molecular weight is 282 g/mol. The molecular formula is C15H26N2OS. The normalized spacial score (nSPS) is 21.2. The number of ether oxygens (including phenoxy) is 1. The zero-order valence-corrected chi connectivity index (χ0v) is 13.1. The van der Waals surface area contributed by atoms with Crippen LogP contribution in [0.3, 0.4) is 0 Å². The predicted molar refractivity (Wildman–Crippen MR) is 81.6 cm³/mol. The van der Waals surface area contributed by atoms with Gasteiger partial charge in [0.25, 0.3) is 0 Å². The molecule has 2 rings (SSSR count). The van der Waals surface area contributed by atoms with E-state index >= 15 is 0 Å². The van der Waals surface area contributed by atoms with Crippen molar-refractivity contribution in [3.63, 3.8) is 0 Å². The van der Waals surface area contributed by atoms with Crippen LogP contribution in [0.15, 0.2) is 12.1 Å². The molecule has 0 saturated carbocycles. The van der Waals surface area contributed by atoms with E-state index in [1.165, 1.54) is 16.2 Å². The van der Waals surface area contributed by atoms with Gasteiger partial charge in [0.1, 0.15) is 0 Å². The van der Waals surface area contributed by atoms with Crippen molar-refractivity contribution < 1.29 is 4.74 Å². The fraction of sp³-hybridized carbons (Fsp3) is 0.733. The van der Waals surface area contributed by atoms with Crippen molar-refractivity contribution >= 4 is 11.3 Å². The second kappa shape index (κ2) is 7.39. The first-order valence-electron chi connectivity index (χ1n) is 7.31. The van der Waals surface area contributed by atoms with E-state index in [0.717, 1.165) is 32.8 Å². The van der Waals surface area contributed by atoms with E-state index in [-0.39, 0.29) is 0 Å². The SMILES string of the molecule is CCC1COCCN1Cc1ccc(CNC(C)C)s1. The number of hydrogen-bond donors (Lipinski definition) is 1. The van der Waals surface area contributed by atoms with Gasteiger partial charge in [-0.3, -0.25) is 4.90 Å². The number of thiophene rings is 1. The number of nitrogens with zero attached hydrogens (tertiary/aromatic N) is 1. The van der Waals surface area contributed by atoms with Crippen molar-refractivity contribution in [3.8, 4) is 0 Å². The summed E-state index contributed by atoms with van der Waals surface area (Å²) in [5, 5.41) is 3.48. The van der Waals surface area contributed by atoms with Crippen molar-refractivity contribution in [2.75, 3.05) is 19.8 Å². The minimum atomic E-state index is 0.550. The van der Waals surface area contributed by atoms with Crippen LogP contribution in [-0.2, 0) is 17.8 Å². The molecule has 3 nitrogen and oxygen atoms in total. The standard InChI is InChI=1S/C15H26N2OS/c1-4-13-11-18-8-7-17(13)10-15-6-5-14(19-15)9-16-12(2)3/h5-6,12-13,16H,4,7-11H2,1-3H3. The molecule has 4 heteroatoms. The molecule has 1 N–H and O–H groups in total. The Kier molecular flexibility index (Phi) is 5.82. The van der Waals surface area contributed by atoms with E-state index < -0.39 is 0 Å². The lowest BCUT2D eigenvalue weighted by Crippen LogP contribution is -2.44. The predicted octanol–water partition coefficient (Wildman–Crippen LogP) is 2.86. The summed E-state index contributed by atoms with van der Waals surface area (Å²) < 4.78 is 5.56. The Labute approximate surface area is 121 Å². The topological polar surface area (TPSA) is 24.5 Å². The Hall–Kier alpha value is -0.420. The summed E-state index contributed by atoms with van der Waals surface area (Å²) in [5.41, 5.74) is 0. The highest BCUT2D eigenvalue weighted by atomic mass is 32.1. The molecule has 0 radical (unpaired) electrons. The Morgan fingerprint density at radius 3 is 2.95 bits per heavy atom. The summed E-state index contributed by atoms with van der Waals surface area (Å²) in [6.07, 6.45) is 1.17. The minimum absolute atomic E-state index is 0.550. The first-order chi connectivity index (χ1) is 9.19. The third-order valence-electron chi connectivity index (χ3n) is 3.58. The van der Waals surface area contributed by atoms with Crippen LogP contribution in [0, 0.1) is 0 Å². The molecule has 1 aliphatic rings. The first kappa shape index (κ1) is 15.0. The molecule has 0 aliphatic carbocycles. The van der Waals surface area contributed by atoms with E-state index in [1.54, 1.807) is 0 Å². The molecule has 108 valence electrons. The van der Waals surface area contributed by atoms with Crippen LogP contribution in [-0.4, -0.2) is 36.7 Å². The van der Waals surface area contributed by atoms with Crippen LogP contribution in [0.25, 0.3) is 0 Å². The van der Waals surface area contributed by atoms with Gasteiger partial charge >= 0.3 is 0 Å². The second-order valence-electron chi connectivity index (χ2n) is 5.51. The van der Waals surface area contributed by atoms with Crippen LogP contribution in [0.4, 0.5) is 0 Å². The molecular weight excluding hydrogens is 256 g/mol. The highest BCUT2D eigenvalue weighted by Crippen LogP contribution is 2.21. The Balaban J connectivity index is 1.88. The van der Waals surface area contributed by atoms with Gasteiger partial charge in [0.15, 0.2) is 0 Å². The lowest BCUT2D eigenvalue weighted by atomic mass is 10.2. The molecule has 0 spiro atoms. The maximum absolute atomic E-state index is 5.56. The van der Waals surface area contributed by atoms with Crippen LogP contribution >= 0.6 is 11.3 Å². The van der Waals surface area contributed by atoms with Gasteiger partial charge in [-0.1, -0.05) is 20.8 Å². The molecule has 1 fully saturated rings. The molecule has 1 unspecified atom stereocenters. The van der Waals surface area contributed by atoms with Crippen molar-refractivity contribution in [3.05, 3.63) is 21.9 Å². The fourth-order valence-electron chi connectivity index (χ4n) is 2.38. The number of nitrogens with one attached hydrogen (secondary N) is 1. The summed E-state index contributed by atoms with van der Waals surface area (Å²) in [5.74, 6) is 0. The lowest BCUT2D eigenvalue weighted by Gasteiger charge is -2.34. The second-order valence-corrected chi connectivity index (χ2v) is 6.76. The zero-order valence-electron chi connectivity index (χ0n) is 12.3. The smallest absolute Gasteiger partial charge is 0.0622 e. The van der Waals surface area contributed by atoms with Gasteiger partial charge in [0, 0.05) is 41.5 Å². The molecule has 0 bridgehead atoms. The first-order valence-corrected chi connectivity index (χ1v) is 8.13. The van der Waals surface area contributed by atoms with E-state index in [2.05, 4.69) is 43.1 Å². The van der Waals surface area contributed by atoms with Crippen molar-refractivity contribution in [2.45, 2.75) is 52.4 Å². The highest BCUT2D eigenvalue weighted by Gasteiger charge is 2.21. The molecule has 1 aromatic heterocycles. The summed E-state index contributed by atoms with van der Waals surface area (Å²) >= 11 is 1.94. The molecule has 0 amide bonds. The van der Waals surface area contributed by atoms with Crippen LogP contribution in [0.1, 0.15) is 36.9 Å². The van der Waals surface area contributed by atoms with Crippen molar-refractivity contribution in [1.29, 1.82) is 0 Å². The van der Waals surface area contributed by atoms with E-state index in [1.807, 2.05) is 11.3 Å². The monoisotopic (exact) mass is 282 g/mol. The minimum Gasteiger partial charge on any atom is -0.378 e. The Bertz CT molecular complexity index is 378. The lowest BCUT2D eigenvalue weighted by molar-refractivity contribution is -0.0122. The molecule has 19 heavy (non-hydrogen) atoms. The number of hydrogen-bond acceptors (Lipinski definition) is 4. The van der Waals surface area contributed by atoms with Gasteiger partial charge in [-0.05, 0) is 18.6 Å². The molecule has 1 aliphatic heterocycles. The number of rotatable bonds is 6. The van der Waals surface area contributed by atoms with Gasteiger partial charge in [-0.2, -0.15) is 0 Å². The maximum atomic E-state index is 5.56. The van der Waals surface area contributed by atoms with Crippen LogP contribution in [0.2, 0.25) is 0 Å². The Morgan fingerprint density at radius 1 is 1.42 bits per heavy atom. The third-order valence-corrected chi connectivity index (χ3v) is 4.65. The van der Waals surface area contributed by atoms with Gasteiger partial charge in [-0.15, -0.1) is 11.3 Å². The average Bonchev–Trinajstić information content (AvgIpc) is 2.85. The maximum Gasteiger partial charge on any atom is 0.0622 e. The molecule has 2 heterocycles. The van der Waals surface area contributed by atoms with Gasteiger partial charge in [0.05, 0.1) is 13.2 Å². The fourth-order valence-corrected chi connectivity index (χ4v) is 3.38. The summed E-state index contributed by atoms with van der Waals surface area (Å²) in [4.78, 5) is 5.47. The molecule has 1 atom stereocenters. The quantitative estimate of drug-likeness (QED) is 0.868. The van der Waals surface area contributed by atoms with Gasteiger partial charge in [0.2, 0.25) is 0 Å². The van der Waals surface area contributed by atoms with Gasteiger partial charge < -0.3 is 10.1 Å². The van der Waals surface area contributed by atoms with Crippen molar-refractivity contribution in [1.82, 2.24) is 10.2 Å².